The van der Waals surface area contributed by atoms with Gasteiger partial charge in [-0.2, -0.15) is 10.2 Å². The maximum atomic E-state index is 12.8. The average molecular weight is 453 g/mol. The SMILES string of the molecule is Cc1cc(NC(=O)c2ccccc2Sc2ccc3c(/C=C/c4ccccn4)n[nH]c3c2)n[nH]1. The topological polar surface area (TPSA) is 99.3 Å². The first-order chi connectivity index (χ1) is 16.2. The summed E-state index contributed by atoms with van der Waals surface area (Å²) in [5.74, 6) is 0.302. The number of anilines is 1. The maximum Gasteiger partial charge on any atom is 0.258 e. The summed E-state index contributed by atoms with van der Waals surface area (Å²) in [4.78, 5) is 19.0. The first-order valence-corrected chi connectivity index (χ1v) is 11.1. The summed E-state index contributed by atoms with van der Waals surface area (Å²) < 4.78 is 0. The van der Waals surface area contributed by atoms with Crippen LogP contribution in [0.25, 0.3) is 23.1 Å². The number of nitrogens with one attached hydrogen (secondary N) is 3. The van der Waals surface area contributed by atoms with Crippen molar-refractivity contribution in [2.45, 2.75) is 16.7 Å². The Labute approximate surface area is 194 Å². The number of hydrogen-bond acceptors (Lipinski definition) is 5. The van der Waals surface area contributed by atoms with Crippen molar-refractivity contribution in [2.75, 3.05) is 5.32 Å². The van der Waals surface area contributed by atoms with Crippen molar-refractivity contribution >= 4 is 46.5 Å². The monoisotopic (exact) mass is 452 g/mol. The van der Waals surface area contributed by atoms with Crippen LogP contribution in [0.2, 0.25) is 0 Å². The zero-order valence-electron chi connectivity index (χ0n) is 17.7. The molecule has 1 amide bonds. The summed E-state index contributed by atoms with van der Waals surface area (Å²) in [7, 11) is 0. The molecular weight excluding hydrogens is 432 g/mol. The van der Waals surface area contributed by atoms with E-state index in [2.05, 4.69) is 30.7 Å². The molecule has 0 bridgehead atoms. The van der Waals surface area contributed by atoms with Crippen molar-refractivity contribution in [3.8, 4) is 0 Å². The van der Waals surface area contributed by atoms with Gasteiger partial charge in [0.2, 0.25) is 0 Å². The van der Waals surface area contributed by atoms with E-state index in [1.54, 1.807) is 12.3 Å². The Morgan fingerprint density at radius 3 is 2.67 bits per heavy atom. The Hall–Kier alpha value is -4.17. The Kier molecular flexibility index (Phi) is 5.73. The number of carbonyl (C=O) groups excluding carboxylic acids is 1. The predicted octanol–water partition coefficient (Wildman–Crippen LogP) is 5.56. The molecule has 7 nitrogen and oxygen atoms in total. The molecule has 2 aromatic carbocycles. The van der Waals surface area contributed by atoms with Crippen molar-refractivity contribution in [3.05, 3.63) is 95.6 Å². The van der Waals surface area contributed by atoms with Gasteiger partial charge in [-0.25, -0.2) is 0 Å². The highest BCUT2D eigenvalue weighted by Crippen LogP contribution is 2.33. The number of amides is 1. The summed E-state index contributed by atoms with van der Waals surface area (Å²) in [6.07, 6.45) is 5.65. The van der Waals surface area contributed by atoms with Crippen LogP contribution in [-0.4, -0.2) is 31.3 Å². The van der Waals surface area contributed by atoms with Crippen LogP contribution in [0.15, 0.2) is 82.7 Å². The third kappa shape index (κ3) is 4.70. The lowest BCUT2D eigenvalue weighted by Crippen LogP contribution is -2.13. The lowest BCUT2D eigenvalue weighted by molar-refractivity contribution is 0.102. The first kappa shape index (κ1) is 20.7. The Bertz CT molecular complexity index is 1450. The first-order valence-electron chi connectivity index (χ1n) is 10.3. The molecule has 162 valence electrons. The second-order valence-corrected chi connectivity index (χ2v) is 8.51. The number of aromatic nitrogens is 5. The van der Waals surface area contributed by atoms with E-state index < -0.39 is 0 Å². The van der Waals surface area contributed by atoms with E-state index in [0.717, 1.165) is 37.8 Å². The van der Waals surface area contributed by atoms with Gasteiger partial charge in [0, 0.05) is 33.1 Å². The molecule has 3 N–H and O–H groups in total. The lowest BCUT2D eigenvalue weighted by Gasteiger charge is -2.09. The fourth-order valence-electron chi connectivity index (χ4n) is 3.39. The number of pyridine rings is 1. The predicted molar refractivity (Wildman–Crippen MR) is 131 cm³/mol. The second-order valence-electron chi connectivity index (χ2n) is 7.39. The Balaban J connectivity index is 1.37. The summed E-state index contributed by atoms with van der Waals surface area (Å²) in [5, 5.41) is 18.3. The molecule has 5 rings (SSSR count). The molecule has 3 heterocycles. The van der Waals surface area contributed by atoms with Crippen molar-refractivity contribution in [1.82, 2.24) is 25.4 Å². The molecule has 8 heteroatoms. The normalized spacial score (nSPS) is 11.3. The molecule has 33 heavy (non-hydrogen) atoms. The van der Waals surface area contributed by atoms with Gasteiger partial charge in [-0.3, -0.25) is 20.0 Å². The molecule has 0 atom stereocenters. The molecule has 0 saturated carbocycles. The largest absolute Gasteiger partial charge is 0.305 e. The highest BCUT2D eigenvalue weighted by molar-refractivity contribution is 7.99. The number of aromatic amines is 2. The molecule has 3 aromatic heterocycles. The van der Waals surface area contributed by atoms with E-state index in [0.29, 0.717) is 11.4 Å². The van der Waals surface area contributed by atoms with Crippen molar-refractivity contribution in [1.29, 1.82) is 0 Å². The van der Waals surface area contributed by atoms with E-state index in [1.807, 2.05) is 79.7 Å². The van der Waals surface area contributed by atoms with Crippen LogP contribution in [0.5, 0.6) is 0 Å². The van der Waals surface area contributed by atoms with Crippen LogP contribution < -0.4 is 5.32 Å². The molecule has 5 aromatic rings. The van der Waals surface area contributed by atoms with Crippen LogP contribution in [0, 0.1) is 6.92 Å². The van der Waals surface area contributed by atoms with Crippen LogP contribution in [0.1, 0.15) is 27.4 Å². The van der Waals surface area contributed by atoms with Gasteiger partial charge in [0.05, 0.1) is 22.5 Å². The van der Waals surface area contributed by atoms with Gasteiger partial charge in [0.25, 0.3) is 5.91 Å². The fourth-order valence-corrected chi connectivity index (χ4v) is 4.37. The van der Waals surface area contributed by atoms with Crippen LogP contribution in [0.4, 0.5) is 5.82 Å². The molecule has 0 saturated heterocycles. The van der Waals surface area contributed by atoms with Crippen molar-refractivity contribution in [3.63, 3.8) is 0 Å². The van der Waals surface area contributed by atoms with Gasteiger partial charge in [-0.1, -0.05) is 30.0 Å². The number of nitrogens with zero attached hydrogens (tertiary/aromatic N) is 3. The standard InChI is InChI=1S/C25H20N6OS/c1-16-14-24(31-28-16)27-25(32)20-7-2-3-8-23(20)33-18-10-11-19-21(29-30-22(19)15-18)12-9-17-6-4-5-13-26-17/h2-15H,1H3,(H,29,30)(H2,27,28,31,32)/b12-9+. The lowest BCUT2D eigenvalue weighted by atomic mass is 10.2. The molecule has 0 spiro atoms. The number of benzene rings is 2. The van der Waals surface area contributed by atoms with Crippen LogP contribution in [-0.2, 0) is 0 Å². The average Bonchev–Trinajstić information content (AvgIpc) is 3.44. The molecule has 0 aliphatic rings. The highest BCUT2D eigenvalue weighted by Gasteiger charge is 2.14. The van der Waals surface area contributed by atoms with Gasteiger partial charge < -0.3 is 5.32 Å². The third-order valence-electron chi connectivity index (χ3n) is 4.97. The molecule has 0 unspecified atom stereocenters. The maximum absolute atomic E-state index is 12.8. The van der Waals surface area contributed by atoms with E-state index in [1.165, 1.54) is 11.8 Å². The zero-order chi connectivity index (χ0) is 22.6. The molecule has 0 fully saturated rings. The number of rotatable bonds is 6. The van der Waals surface area contributed by atoms with E-state index in [9.17, 15) is 4.79 Å². The van der Waals surface area contributed by atoms with E-state index in [-0.39, 0.29) is 5.91 Å². The number of hydrogen-bond donors (Lipinski definition) is 3. The van der Waals surface area contributed by atoms with Gasteiger partial charge in [0.1, 0.15) is 0 Å². The molecule has 0 radical (unpaired) electrons. The van der Waals surface area contributed by atoms with Crippen LogP contribution in [0.3, 0.4) is 0 Å². The minimum atomic E-state index is -0.200. The summed E-state index contributed by atoms with van der Waals surface area (Å²) >= 11 is 1.53. The molecular formula is C25H20N6OS. The van der Waals surface area contributed by atoms with Crippen molar-refractivity contribution < 1.29 is 4.79 Å². The Morgan fingerprint density at radius 1 is 0.970 bits per heavy atom. The minimum Gasteiger partial charge on any atom is -0.305 e. The zero-order valence-corrected chi connectivity index (χ0v) is 18.6. The summed E-state index contributed by atoms with van der Waals surface area (Å²) in [5.41, 5.74) is 4.12. The number of carbonyl (C=O) groups is 1. The van der Waals surface area contributed by atoms with Crippen LogP contribution >= 0.6 is 11.8 Å². The van der Waals surface area contributed by atoms with Gasteiger partial charge in [-0.15, -0.1) is 0 Å². The smallest absolute Gasteiger partial charge is 0.258 e. The highest BCUT2D eigenvalue weighted by atomic mass is 32.2. The quantitative estimate of drug-likeness (QED) is 0.313. The number of fused-ring (bicyclic) bond motifs is 1. The molecule has 0 aliphatic carbocycles. The van der Waals surface area contributed by atoms with E-state index in [4.69, 9.17) is 0 Å². The minimum absolute atomic E-state index is 0.200. The fraction of sp³-hybridized carbons (Fsp3) is 0.0400. The molecule has 0 aliphatic heterocycles. The van der Waals surface area contributed by atoms with Gasteiger partial charge in [0.15, 0.2) is 5.82 Å². The summed E-state index contributed by atoms with van der Waals surface area (Å²) in [6.45, 7) is 1.89. The van der Waals surface area contributed by atoms with Gasteiger partial charge >= 0.3 is 0 Å². The summed E-state index contributed by atoms with van der Waals surface area (Å²) in [6, 6.07) is 21.2. The number of H-pyrrole nitrogens is 2. The second kappa shape index (κ2) is 9.13. The van der Waals surface area contributed by atoms with Gasteiger partial charge in [-0.05, 0) is 61.5 Å². The van der Waals surface area contributed by atoms with Crippen molar-refractivity contribution in [2.24, 2.45) is 0 Å². The third-order valence-corrected chi connectivity index (χ3v) is 6.04. The number of aryl methyl sites for hydroxylation is 1. The Morgan fingerprint density at radius 2 is 1.85 bits per heavy atom. The van der Waals surface area contributed by atoms with E-state index >= 15 is 0 Å².